The molecule has 0 saturated carbocycles. The highest BCUT2D eigenvalue weighted by Gasteiger charge is 2.13. The van der Waals surface area contributed by atoms with Gasteiger partial charge in [0.1, 0.15) is 6.04 Å². The second kappa shape index (κ2) is 4.99. The van der Waals surface area contributed by atoms with Gasteiger partial charge in [-0.25, -0.2) is 5.84 Å². The van der Waals surface area contributed by atoms with Gasteiger partial charge >= 0.3 is 0 Å². The zero-order chi connectivity index (χ0) is 12.3. The van der Waals surface area contributed by atoms with Crippen molar-refractivity contribution < 1.29 is 4.79 Å². The van der Waals surface area contributed by atoms with Gasteiger partial charge in [0.15, 0.2) is 0 Å². The van der Waals surface area contributed by atoms with Gasteiger partial charge < -0.3 is 5.32 Å². The molecule has 0 bridgehead atoms. The minimum atomic E-state index is -0.342. The second-order valence-electron chi connectivity index (χ2n) is 4.15. The number of benzene rings is 1. The molecule has 1 aromatic carbocycles. The van der Waals surface area contributed by atoms with Crippen LogP contribution in [0.15, 0.2) is 12.1 Å². The van der Waals surface area contributed by atoms with Crippen LogP contribution in [0.25, 0.3) is 0 Å². The summed E-state index contributed by atoms with van der Waals surface area (Å²) in [6.07, 6.45) is 0. The minimum absolute atomic E-state index is 0.223. The molecule has 0 fully saturated rings. The van der Waals surface area contributed by atoms with E-state index < -0.39 is 0 Å². The summed E-state index contributed by atoms with van der Waals surface area (Å²) in [5.41, 5.74) is 6.62. The van der Waals surface area contributed by atoms with Gasteiger partial charge in [0.2, 0.25) is 0 Å². The molecule has 88 valence electrons. The van der Waals surface area contributed by atoms with Crippen LogP contribution in [0.5, 0.6) is 0 Å². The Hall–Kier alpha value is -1.55. The lowest BCUT2D eigenvalue weighted by Crippen LogP contribution is -2.41. The average Bonchev–Trinajstić information content (AvgIpc) is 2.21. The smallest absolute Gasteiger partial charge is 0.256 e. The van der Waals surface area contributed by atoms with E-state index in [0.29, 0.717) is 0 Å². The van der Waals surface area contributed by atoms with Crippen LogP contribution >= 0.6 is 0 Å². The number of aryl methyl sites for hydroxylation is 3. The van der Waals surface area contributed by atoms with Crippen molar-refractivity contribution in [3.63, 3.8) is 0 Å². The quantitative estimate of drug-likeness (QED) is 0.410. The lowest BCUT2D eigenvalue weighted by atomic mass is 10.0. The van der Waals surface area contributed by atoms with Crippen molar-refractivity contribution in [2.75, 3.05) is 5.32 Å². The van der Waals surface area contributed by atoms with Gasteiger partial charge in [0.05, 0.1) is 0 Å². The summed E-state index contributed by atoms with van der Waals surface area (Å²) < 4.78 is 0. The van der Waals surface area contributed by atoms with Gasteiger partial charge in [-0.1, -0.05) is 17.7 Å². The molecular weight excluding hydrogens is 202 g/mol. The van der Waals surface area contributed by atoms with Crippen LogP contribution < -0.4 is 16.6 Å². The first-order valence-electron chi connectivity index (χ1n) is 5.30. The van der Waals surface area contributed by atoms with E-state index in [9.17, 15) is 4.79 Å². The van der Waals surface area contributed by atoms with Crippen LogP contribution in [0.2, 0.25) is 0 Å². The van der Waals surface area contributed by atoms with E-state index in [2.05, 4.69) is 29.8 Å². The van der Waals surface area contributed by atoms with E-state index in [1.807, 2.05) is 13.8 Å². The lowest BCUT2D eigenvalue weighted by Gasteiger charge is -2.18. The Balaban J connectivity index is 2.93. The molecule has 1 amide bonds. The van der Waals surface area contributed by atoms with E-state index >= 15 is 0 Å². The summed E-state index contributed by atoms with van der Waals surface area (Å²) >= 11 is 0. The zero-order valence-corrected chi connectivity index (χ0v) is 10.2. The Morgan fingerprint density at radius 2 is 1.75 bits per heavy atom. The minimum Gasteiger partial charge on any atom is -0.373 e. The van der Waals surface area contributed by atoms with E-state index in [4.69, 9.17) is 5.84 Å². The number of hydrogen-bond donors (Lipinski definition) is 3. The molecule has 0 aromatic heterocycles. The van der Waals surface area contributed by atoms with Gasteiger partial charge in [0, 0.05) is 5.69 Å². The summed E-state index contributed by atoms with van der Waals surface area (Å²) in [6.45, 7) is 7.88. The second-order valence-corrected chi connectivity index (χ2v) is 4.15. The maximum atomic E-state index is 11.3. The lowest BCUT2D eigenvalue weighted by molar-refractivity contribution is -0.121. The number of carbonyl (C=O) groups excluding carboxylic acids is 1. The molecule has 0 saturated heterocycles. The van der Waals surface area contributed by atoms with E-state index in [0.717, 1.165) is 16.8 Å². The number of nitrogens with one attached hydrogen (secondary N) is 2. The number of hydrogen-bond acceptors (Lipinski definition) is 3. The summed E-state index contributed by atoms with van der Waals surface area (Å²) in [5, 5.41) is 3.16. The van der Waals surface area contributed by atoms with Crippen molar-refractivity contribution in [2.45, 2.75) is 33.7 Å². The average molecular weight is 221 g/mol. The van der Waals surface area contributed by atoms with Crippen molar-refractivity contribution in [2.24, 2.45) is 5.84 Å². The van der Waals surface area contributed by atoms with Crippen molar-refractivity contribution in [3.8, 4) is 0 Å². The molecule has 1 aromatic rings. The van der Waals surface area contributed by atoms with E-state index in [1.54, 1.807) is 6.92 Å². The molecule has 0 aliphatic heterocycles. The van der Waals surface area contributed by atoms with Crippen LogP contribution in [-0.2, 0) is 4.79 Å². The SMILES string of the molecule is Cc1cc(C)c(NC(C)C(=O)NN)c(C)c1. The molecule has 4 nitrogen and oxygen atoms in total. The van der Waals surface area contributed by atoms with Gasteiger partial charge in [-0.3, -0.25) is 10.2 Å². The monoisotopic (exact) mass is 221 g/mol. The molecular formula is C12H19N3O. The van der Waals surface area contributed by atoms with Crippen molar-refractivity contribution in [1.29, 1.82) is 0 Å². The highest BCUT2D eigenvalue weighted by Crippen LogP contribution is 2.22. The fraction of sp³-hybridized carbons (Fsp3) is 0.417. The molecule has 0 radical (unpaired) electrons. The molecule has 16 heavy (non-hydrogen) atoms. The van der Waals surface area contributed by atoms with Crippen LogP contribution in [0, 0.1) is 20.8 Å². The van der Waals surface area contributed by atoms with Crippen molar-refractivity contribution in [3.05, 3.63) is 28.8 Å². The van der Waals surface area contributed by atoms with Crippen LogP contribution in [0.4, 0.5) is 5.69 Å². The summed E-state index contributed by atoms with van der Waals surface area (Å²) in [6, 6.07) is 3.83. The Bertz CT molecular complexity index is 378. The number of rotatable bonds is 3. The number of anilines is 1. The molecule has 1 rings (SSSR count). The van der Waals surface area contributed by atoms with E-state index in [1.165, 1.54) is 5.56 Å². The van der Waals surface area contributed by atoms with Gasteiger partial charge in [-0.05, 0) is 38.8 Å². The summed E-state index contributed by atoms with van der Waals surface area (Å²) in [4.78, 5) is 11.3. The third-order valence-electron chi connectivity index (χ3n) is 2.57. The van der Waals surface area contributed by atoms with Crippen molar-refractivity contribution in [1.82, 2.24) is 5.43 Å². The Labute approximate surface area is 96.2 Å². The van der Waals surface area contributed by atoms with Crippen LogP contribution in [0.3, 0.4) is 0 Å². The first kappa shape index (κ1) is 12.5. The third kappa shape index (κ3) is 2.73. The molecule has 1 unspecified atom stereocenters. The Morgan fingerprint density at radius 1 is 1.25 bits per heavy atom. The first-order chi connectivity index (χ1) is 7.45. The predicted molar refractivity (Wildman–Crippen MR) is 66.1 cm³/mol. The molecule has 0 heterocycles. The predicted octanol–water partition coefficient (Wildman–Crippen LogP) is 1.40. The number of hydrazine groups is 1. The maximum Gasteiger partial charge on any atom is 0.256 e. The molecule has 0 aliphatic carbocycles. The number of amides is 1. The highest BCUT2D eigenvalue weighted by molar-refractivity contribution is 5.84. The summed E-state index contributed by atoms with van der Waals surface area (Å²) in [7, 11) is 0. The summed E-state index contributed by atoms with van der Waals surface area (Å²) in [5.74, 6) is 4.86. The zero-order valence-electron chi connectivity index (χ0n) is 10.2. The highest BCUT2D eigenvalue weighted by atomic mass is 16.2. The molecule has 0 spiro atoms. The Morgan fingerprint density at radius 3 is 2.19 bits per heavy atom. The molecule has 0 aliphatic rings. The fourth-order valence-electron chi connectivity index (χ4n) is 1.81. The maximum absolute atomic E-state index is 11.3. The van der Waals surface area contributed by atoms with Crippen LogP contribution in [-0.4, -0.2) is 11.9 Å². The number of nitrogens with two attached hydrogens (primary N) is 1. The normalized spacial score (nSPS) is 12.1. The largest absolute Gasteiger partial charge is 0.373 e. The number of carbonyl (C=O) groups is 1. The fourth-order valence-corrected chi connectivity index (χ4v) is 1.81. The third-order valence-corrected chi connectivity index (χ3v) is 2.57. The van der Waals surface area contributed by atoms with Gasteiger partial charge in [-0.15, -0.1) is 0 Å². The van der Waals surface area contributed by atoms with E-state index in [-0.39, 0.29) is 11.9 Å². The standard InChI is InChI=1S/C12H19N3O/c1-7-5-8(2)11(9(3)6-7)14-10(4)12(16)15-13/h5-6,10,14H,13H2,1-4H3,(H,15,16). The molecule has 4 N–H and O–H groups in total. The van der Waals surface area contributed by atoms with Gasteiger partial charge in [0.25, 0.3) is 5.91 Å². The Kier molecular flexibility index (Phi) is 3.90. The first-order valence-corrected chi connectivity index (χ1v) is 5.30. The molecule has 4 heteroatoms. The van der Waals surface area contributed by atoms with Gasteiger partial charge in [-0.2, -0.15) is 0 Å². The van der Waals surface area contributed by atoms with Crippen molar-refractivity contribution >= 4 is 11.6 Å². The van der Waals surface area contributed by atoms with Crippen LogP contribution in [0.1, 0.15) is 23.6 Å². The topological polar surface area (TPSA) is 67.2 Å². The molecule has 1 atom stereocenters.